The summed E-state index contributed by atoms with van der Waals surface area (Å²) in [6, 6.07) is 34.6. The fourth-order valence-corrected chi connectivity index (χ4v) is 5.15. The van der Waals surface area contributed by atoms with Gasteiger partial charge in [0, 0.05) is 31.2 Å². The van der Waals surface area contributed by atoms with Crippen molar-refractivity contribution in [2.45, 2.75) is 6.92 Å². The Morgan fingerprint density at radius 1 is 0.794 bits per heavy atom. The minimum absolute atomic E-state index is 0. The molecule has 0 spiro atoms. The number of benzene rings is 4. The third-order valence-electron chi connectivity index (χ3n) is 5.67. The third-order valence-corrected chi connectivity index (χ3v) is 6.68. The summed E-state index contributed by atoms with van der Waals surface area (Å²) in [4.78, 5) is 4.66. The summed E-state index contributed by atoms with van der Waals surface area (Å²) in [6.45, 7) is 2.03. The number of thiazole rings is 1. The molecule has 0 saturated heterocycles. The van der Waals surface area contributed by atoms with Crippen molar-refractivity contribution in [3.63, 3.8) is 0 Å². The molecule has 167 valence electrons. The molecule has 0 unspecified atom stereocenters. The monoisotopic (exact) mass is 636 g/mol. The molecule has 0 fully saturated rings. The summed E-state index contributed by atoms with van der Waals surface area (Å²) < 4.78 is 3.16. The van der Waals surface area contributed by atoms with E-state index >= 15 is 0 Å². The normalized spacial score (nSPS) is 10.9. The summed E-state index contributed by atoms with van der Waals surface area (Å²) in [5.41, 5.74) is 7.43. The van der Waals surface area contributed by atoms with Gasteiger partial charge in [-0.25, -0.2) is 0 Å². The molecule has 6 heteroatoms. The van der Waals surface area contributed by atoms with Crippen molar-refractivity contribution in [1.82, 2.24) is 19.7 Å². The minimum Gasteiger partial charge on any atom is -0.322 e. The molecule has 0 aliphatic heterocycles. The van der Waals surface area contributed by atoms with E-state index in [-0.39, 0.29) is 20.1 Å². The van der Waals surface area contributed by atoms with Gasteiger partial charge in [-0.3, -0.25) is 4.98 Å². The fraction of sp³-hybridized carbons (Fsp3) is 0.0357. The number of nitrogens with zero attached hydrogens (tertiary/aromatic N) is 4. The molecule has 6 rings (SSSR count). The van der Waals surface area contributed by atoms with Gasteiger partial charge in [-0.05, 0) is 28.3 Å². The van der Waals surface area contributed by atoms with Crippen molar-refractivity contribution in [3.8, 4) is 39.3 Å². The Bertz CT molecular complexity index is 1510. The zero-order valence-corrected chi connectivity index (χ0v) is 21.5. The van der Waals surface area contributed by atoms with Gasteiger partial charge in [0.2, 0.25) is 0 Å². The Hall–Kier alpha value is -3.44. The van der Waals surface area contributed by atoms with Gasteiger partial charge in [-0.15, -0.1) is 23.3 Å². The van der Waals surface area contributed by atoms with E-state index in [1.165, 1.54) is 0 Å². The number of hydrogen-bond donors (Lipinski definition) is 0. The largest absolute Gasteiger partial charge is 0.322 e. The number of para-hydroxylation sites is 1. The van der Waals surface area contributed by atoms with E-state index < -0.39 is 0 Å². The molecule has 0 N–H and O–H groups in total. The van der Waals surface area contributed by atoms with Gasteiger partial charge in [-0.1, -0.05) is 84.4 Å². The zero-order chi connectivity index (χ0) is 22.2. The summed E-state index contributed by atoms with van der Waals surface area (Å²) in [5, 5.41) is 9.91. The number of aryl methyl sites for hydroxylation is 1. The summed E-state index contributed by atoms with van der Waals surface area (Å²) in [7, 11) is 0. The van der Waals surface area contributed by atoms with E-state index in [0.717, 1.165) is 54.6 Å². The van der Waals surface area contributed by atoms with Gasteiger partial charge < -0.3 is 4.57 Å². The Kier molecular flexibility index (Phi) is 6.20. The maximum absolute atomic E-state index is 4.66. The average molecular weight is 636 g/mol. The Morgan fingerprint density at radius 2 is 1.44 bits per heavy atom. The maximum Gasteiger partial charge on any atom is 0.115 e. The molecular formula is C28H19IrN4S-. The van der Waals surface area contributed by atoms with Gasteiger partial charge in [0.25, 0.3) is 0 Å². The van der Waals surface area contributed by atoms with E-state index in [1.807, 2.05) is 31.2 Å². The molecular weight excluding hydrogens is 617 g/mol. The van der Waals surface area contributed by atoms with Crippen LogP contribution in [0.4, 0.5) is 0 Å². The first-order valence-electron chi connectivity index (χ1n) is 10.7. The third kappa shape index (κ3) is 3.90. The topological polar surface area (TPSA) is 43.6 Å². The summed E-state index contributed by atoms with van der Waals surface area (Å²) in [5.74, 6) is 0.754. The Balaban J connectivity index is 0.00000241. The molecule has 6 aromatic rings. The van der Waals surface area contributed by atoms with Crippen LogP contribution >= 0.6 is 11.3 Å². The molecule has 0 amide bonds. The molecule has 0 bridgehead atoms. The molecule has 0 saturated carbocycles. The first kappa shape index (κ1) is 22.4. The van der Waals surface area contributed by atoms with Gasteiger partial charge >= 0.3 is 0 Å². The van der Waals surface area contributed by atoms with Crippen LogP contribution in [-0.4, -0.2) is 19.7 Å². The molecule has 0 aliphatic carbocycles. The van der Waals surface area contributed by atoms with Crippen LogP contribution in [0.2, 0.25) is 0 Å². The number of hydrogen-bond acceptors (Lipinski definition) is 4. The zero-order valence-electron chi connectivity index (χ0n) is 18.3. The quantitative estimate of drug-likeness (QED) is 0.196. The van der Waals surface area contributed by atoms with Crippen molar-refractivity contribution < 1.29 is 20.1 Å². The second kappa shape index (κ2) is 9.43. The van der Waals surface area contributed by atoms with E-state index in [0.29, 0.717) is 0 Å². The van der Waals surface area contributed by atoms with Crippen LogP contribution in [0.15, 0.2) is 97.3 Å². The van der Waals surface area contributed by atoms with E-state index in [4.69, 9.17) is 0 Å². The van der Waals surface area contributed by atoms with Crippen molar-refractivity contribution >= 4 is 21.6 Å². The van der Waals surface area contributed by atoms with Crippen LogP contribution in [0.5, 0.6) is 0 Å². The van der Waals surface area contributed by atoms with Crippen LogP contribution < -0.4 is 0 Å². The van der Waals surface area contributed by atoms with Gasteiger partial charge in [0.05, 0.1) is 16.5 Å². The minimum atomic E-state index is 0. The molecule has 0 atom stereocenters. The smallest absolute Gasteiger partial charge is 0.115 e. The molecule has 1 radical (unpaired) electrons. The van der Waals surface area contributed by atoms with Crippen molar-refractivity contribution in [2.24, 2.45) is 0 Å². The van der Waals surface area contributed by atoms with Crippen molar-refractivity contribution in [1.29, 1.82) is 0 Å². The second-order valence-corrected chi connectivity index (χ2v) is 8.96. The first-order valence-corrected chi connectivity index (χ1v) is 11.5. The molecule has 4 aromatic carbocycles. The van der Waals surface area contributed by atoms with Gasteiger partial charge in [-0.2, -0.15) is 16.4 Å². The number of fused-ring (bicyclic) bond motifs is 1. The van der Waals surface area contributed by atoms with E-state index in [9.17, 15) is 0 Å². The Morgan fingerprint density at radius 3 is 2.09 bits per heavy atom. The van der Waals surface area contributed by atoms with Crippen LogP contribution in [0.25, 0.3) is 49.5 Å². The second-order valence-electron chi connectivity index (χ2n) is 7.76. The predicted molar refractivity (Wildman–Crippen MR) is 134 cm³/mol. The molecule has 34 heavy (non-hydrogen) atoms. The first-order chi connectivity index (χ1) is 16.3. The SMILES string of the molecule is Cc1nc2cc[c-]c(-c3nncn3-c3c(-c4ccccc4)cccc3-c3ccccc3)c2s1.[Ir]. The number of rotatable bonds is 4. The fourth-order valence-electron chi connectivity index (χ4n) is 4.24. The number of aromatic nitrogens is 4. The Labute approximate surface area is 215 Å². The van der Waals surface area contributed by atoms with Crippen molar-refractivity contribution in [3.05, 3.63) is 108 Å². The average Bonchev–Trinajstić information content (AvgIpc) is 3.50. The van der Waals surface area contributed by atoms with Crippen LogP contribution in [0.3, 0.4) is 0 Å². The molecule has 0 aliphatic rings. The van der Waals surface area contributed by atoms with Crippen LogP contribution in [0, 0.1) is 13.0 Å². The van der Waals surface area contributed by atoms with Crippen LogP contribution in [-0.2, 0) is 20.1 Å². The summed E-state index contributed by atoms with van der Waals surface area (Å²) in [6.07, 6.45) is 1.80. The molecule has 2 heterocycles. The van der Waals surface area contributed by atoms with Crippen molar-refractivity contribution in [2.75, 3.05) is 0 Å². The van der Waals surface area contributed by atoms with E-state index in [1.54, 1.807) is 17.7 Å². The summed E-state index contributed by atoms with van der Waals surface area (Å²) >= 11 is 1.66. The van der Waals surface area contributed by atoms with Gasteiger partial charge in [0.1, 0.15) is 6.33 Å². The predicted octanol–water partition coefficient (Wildman–Crippen LogP) is 6.98. The maximum atomic E-state index is 4.66. The van der Waals surface area contributed by atoms with E-state index in [2.05, 4.69) is 92.5 Å². The standard InChI is InChI=1S/C28H19N4S.Ir/c1-19-30-25-17-9-16-24(27(25)33-19)28-31-29-18-32(28)26-22(20-10-4-2-5-11-20)14-8-15-23(26)21-12-6-3-7-13-21;/h2-15,17-18H,1H3;/q-1;. The molecule has 4 nitrogen and oxygen atoms in total. The molecule has 2 aromatic heterocycles. The van der Waals surface area contributed by atoms with Gasteiger partial charge in [0.15, 0.2) is 0 Å². The van der Waals surface area contributed by atoms with Crippen LogP contribution in [0.1, 0.15) is 5.01 Å².